The van der Waals surface area contributed by atoms with Crippen LogP contribution in [0.4, 0.5) is 5.69 Å². The second-order valence-corrected chi connectivity index (χ2v) is 5.66. The van der Waals surface area contributed by atoms with Crippen molar-refractivity contribution in [2.45, 2.75) is 20.3 Å². The van der Waals surface area contributed by atoms with Crippen LogP contribution in [0, 0.1) is 0 Å². The van der Waals surface area contributed by atoms with E-state index in [4.69, 9.17) is 11.6 Å². The molecule has 0 N–H and O–H groups in total. The fourth-order valence-electron chi connectivity index (χ4n) is 2.72. The molecule has 2 aromatic heterocycles. The Morgan fingerprint density at radius 1 is 1.17 bits per heavy atom. The summed E-state index contributed by atoms with van der Waals surface area (Å²) in [6, 6.07) is 13.3. The molecule has 3 rings (SSSR count). The van der Waals surface area contributed by atoms with Crippen molar-refractivity contribution in [1.29, 1.82) is 0 Å². The number of nitrogens with zero attached hydrogens (tertiary/aromatic N) is 3. The van der Waals surface area contributed by atoms with Crippen molar-refractivity contribution in [3.63, 3.8) is 0 Å². The number of fused-ring (bicyclic) bond motifs is 1. The molecule has 4 nitrogen and oxygen atoms in total. The van der Waals surface area contributed by atoms with Crippen LogP contribution in [0.2, 0.25) is 5.02 Å². The third-order valence-electron chi connectivity index (χ3n) is 3.82. The number of pyridine rings is 1. The summed E-state index contributed by atoms with van der Waals surface area (Å²) in [6.07, 6.45) is 2.43. The fraction of sp³-hybridized carbons (Fsp3) is 0.222. The Morgan fingerprint density at radius 2 is 1.91 bits per heavy atom. The first-order valence-corrected chi connectivity index (χ1v) is 8.06. The Kier molecular flexibility index (Phi) is 4.35. The minimum absolute atomic E-state index is 0.0645. The Morgan fingerprint density at radius 3 is 2.57 bits per heavy atom. The van der Waals surface area contributed by atoms with Crippen molar-refractivity contribution in [1.82, 2.24) is 9.38 Å². The number of anilines is 1. The van der Waals surface area contributed by atoms with Gasteiger partial charge in [-0.1, -0.05) is 36.7 Å². The summed E-state index contributed by atoms with van der Waals surface area (Å²) in [7, 11) is 0. The molecule has 0 unspecified atom stereocenters. The number of para-hydroxylation sites is 1. The lowest BCUT2D eigenvalue weighted by Gasteiger charge is -2.21. The molecule has 0 spiro atoms. The number of amides is 1. The van der Waals surface area contributed by atoms with Crippen molar-refractivity contribution in [3.8, 4) is 0 Å². The van der Waals surface area contributed by atoms with E-state index in [2.05, 4.69) is 4.98 Å². The van der Waals surface area contributed by atoms with Gasteiger partial charge in [-0.15, -0.1) is 0 Å². The number of hydrogen-bond donors (Lipinski definition) is 0. The van der Waals surface area contributed by atoms with E-state index in [1.807, 2.05) is 50.2 Å². The Labute approximate surface area is 140 Å². The smallest absolute Gasteiger partial charge is 0.277 e. The van der Waals surface area contributed by atoms with Gasteiger partial charge in [0.1, 0.15) is 11.3 Å². The molecule has 1 aromatic carbocycles. The molecule has 0 aliphatic heterocycles. The number of aryl methyl sites for hydroxylation is 1. The van der Waals surface area contributed by atoms with Crippen molar-refractivity contribution in [3.05, 3.63) is 65.1 Å². The summed E-state index contributed by atoms with van der Waals surface area (Å²) in [5.74, 6) is -0.0645. The van der Waals surface area contributed by atoms with Crippen molar-refractivity contribution in [2.24, 2.45) is 0 Å². The Hall–Kier alpha value is -2.33. The predicted octanol–water partition coefficient (Wildman–Crippen LogP) is 4.22. The molecule has 0 bridgehead atoms. The summed E-state index contributed by atoms with van der Waals surface area (Å²) in [5.41, 5.74) is 2.97. The fourth-order valence-corrected chi connectivity index (χ4v) is 2.88. The van der Waals surface area contributed by atoms with E-state index in [9.17, 15) is 4.79 Å². The summed E-state index contributed by atoms with van der Waals surface area (Å²) in [4.78, 5) is 19.5. The average molecular weight is 328 g/mol. The third kappa shape index (κ3) is 2.82. The lowest BCUT2D eigenvalue weighted by Crippen LogP contribution is -2.32. The highest BCUT2D eigenvalue weighted by atomic mass is 35.5. The maximum absolute atomic E-state index is 13.2. The van der Waals surface area contributed by atoms with Gasteiger partial charge in [0.15, 0.2) is 0 Å². The molecule has 118 valence electrons. The highest BCUT2D eigenvalue weighted by Gasteiger charge is 2.23. The number of hydrogen-bond acceptors (Lipinski definition) is 2. The summed E-state index contributed by atoms with van der Waals surface area (Å²) in [6.45, 7) is 4.55. The molecule has 5 heteroatoms. The lowest BCUT2D eigenvalue weighted by molar-refractivity contribution is 0.0981. The minimum Gasteiger partial charge on any atom is -0.307 e. The van der Waals surface area contributed by atoms with Gasteiger partial charge in [-0.2, -0.15) is 0 Å². The van der Waals surface area contributed by atoms with Gasteiger partial charge >= 0.3 is 0 Å². The number of carbonyl (C=O) groups excluding carboxylic acids is 1. The number of carbonyl (C=O) groups is 1. The van der Waals surface area contributed by atoms with E-state index in [0.717, 1.165) is 17.0 Å². The third-order valence-corrected chi connectivity index (χ3v) is 4.04. The largest absolute Gasteiger partial charge is 0.307 e. The first kappa shape index (κ1) is 15.6. The standard InChI is InChI=1S/C18H18ClN3O/c1-3-15-17(22-12-13(19)10-11-16(22)20-15)18(23)21(4-2)14-8-6-5-7-9-14/h5-12H,3-4H2,1-2H3. The van der Waals surface area contributed by atoms with E-state index >= 15 is 0 Å². The minimum atomic E-state index is -0.0645. The molecule has 2 heterocycles. The van der Waals surface area contributed by atoms with Crippen LogP contribution >= 0.6 is 11.6 Å². The normalized spacial score (nSPS) is 10.9. The molecule has 3 aromatic rings. The number of aromatic nitrogens is 2. The van der Waals surface area contributed by atoms with Gasteiger partial charge in [-0.05, 0) is 37.6 Å². The molecule has 0 atom stereocenters. The Bertz CT molecular complexity index is 842. The SMILES string of the molecule is CCc1nc2ccc(Cl)cn2c1C(=O)N(CC)c1ccccc1. The monoisotopic (exact) mass is 327 g/mol. The van der Waals surface area contributed by atoms with Gasteiger partial charge in [0.25, 0.3) is 5.91 Å². The van der Waals surface area contributed by atoms with Crippen molar-refractivity contribution >= 4 is 28.8 Å². The number of rotatable bonds is 4. The number of benzene rings is 1. The van der Waals surface area contributed by atoms with E-state index in [-0.39, 0.29) is 5.91 Å². The zero-order chi connectivity index (χ0) is 16.4. The average Bonchev–Trinajstić information content (AvgIpc) is 2.94. The highest BCUT2D eigenvalue weighted by Crippen LogP contribution is 2.22. The molecular formula is C18H18ClN3O. The van der Waals surface area contributed by atoms with Gasteiger partial charge < -0.3 is 4.90 Å². The van der Waals surface area contributed by atoms with Gasteiger partial charge in [-0.25, -0.2) is 4.98 Å². The van der Waals surface area contributed by atoms with Crippen LogP contribution in [0.3, 0.4) is 0 Å². The Balaban J connectivity index is 2.14. The first-order chi connectivity index (χ1) is 11.2. The molecule has 0 saturated heterocycles. The molecule has 0 radical (unpaired) electrons. The van der Waals surface area contributed by atoms with Gasteiger partial charge in [0, 0.05) is 18.4 Å². The molecule has 1 amide bonds. The van der Waals surface area contributed by atoms with Crippen LogP contribution in [0.1, 0.15) is 30.0 Å². The molecule has 0 fully saturated rings. The van der Waals surface area contributed by atoms with E-state index < -0.39 is 0 Å². The lowest BCUT2D eigenvalue weighted by atomic mass is 10.2. The van der Waals surface area contributed by atoms with Gasteiger partial charge in [0.2, 0.25) is 0 Å². The summed E-state index contributed by atoms with van der Waals surface area (Å²) >= 11 is 6.10. The summed E-state index contributed by atoms with van der Waals surface area (Å²) < 4.78 is 1.79. The van der Waals surface area contributed by atoms with E-state index in [0.29, 0.717) is 23.7 Å². The topological polar surface area (TPSA) is 37.6 Å². The predicted molar refractivity (Wildman–Crippen MR) is 93.4 cm³/mol. The zero-order valence-corrected chi connectivity index (χ0v) is 13.9. The summed E-state index contributed by atoms with van der Waals surface area (Å²) in [5, 5.41) is 0.578. The van der Waals surface area contributed by atoms with Crippen LogP contribution in [0.25, 0.3) is 5.65 Å². The molecule has 0 aliphatic rings. The second-order valence-electron chi connectivity index (χ2n) is 5.22. The molecular weight excluding hydrogens is 310 g/mol. The van der Waals surface area contributed by atoms with Crippen LogP contribution < -0.4 is 4.90 Å². The quantitative estimate of drug-likeness (QED) is 0.719. The molecule has 0 saturated carbocycles. The molecule has 0 aliphatic carbocycles. The maximum Gasteiger partial charge on any atom is 0.277 e. The first-order valence-electron chi connectivity index (χ1n) is 7.69. The molecule has 23 heavy (non-hydrogen) atoms. The van der Waals surface area contributed by atoms with E-state index in [1.54, 1.807) is 21.6 Å². The van der Waals surface area contributed by atoms with Gasteiger partial charge in [0.05, 0.1) is 10.7 Å². The highest BCUT2D eigenvalue weighted by molar-refractivity contribution is 6.30. The number of halogens is 1. The van der Waals surface area contributed by atoms with Crippen LogP contribution in [-0.4, -0.2) is 21.8 Å². The van der Waals surface area contributed by atoms with Gasteiger partial charge in [-0.3, -0.25) is 9.20 Å². The van der Waals surface area contributed by atoms with Crippen LogP contribution in [-0.2, 0) is 6.42 Å². The second kappa shape index (κ2) is 6.42. The van der Waals surface area contributed by atoms with E-state index in [1.165, 1.54) is 0 Å². The van der Waals surface area contributed by atoms with Crippen LogP contribution in [0.15, 0.2) is 48.7 Å². The van der Waals surface area contributed by atoms with Crippen LogP contribution in [0.5, 0.6) is 0 Å². The maximum atomic E-state index is 13.2. The van der Waals surface area contributed by atoms with Crippen molar-refractivity contribution in [2.75, 3.05) is 11.4 Å². The zero-order valence-electron chi connectivity index (χ0n) is 13.2. The number of imidazole rings is 1. The van der Waals surface area contributed by atoms with Crippen molar-refractivity contribution < 1.29 is 4.79 Å².